The van der Waals surface area contributed by atoms with Gasteiger partial charge in [0.15, 0.2) is 18.1 Å². The van der Waals surface area contributed by atoms with Gasteiger partial charge in [0, 0.05) is 18.8 Å². The predicted octanol–water partition coefficient (Wildman–Crippen LogP) is 3.96. The van der Waals surface area contributed by atoms with Crippen LogP contribution < -0.4 is 24.8 Å². The fourth-order valence-corrected chi connectivity index (χ4v) is 5.54. The third-order valence-corrected chi connectivity index (χ3v) is 7.72. The van der Waals surface area contributed by atoms with Crippen molar-refractivity contribution >= 4 is 35.2 Å². The molecule has 228 valence electrons. The molecule has 2 amide bonds. The van der Waals surface area contributed by atoms with Gasteiger partial charge in [0.25, 0.3) is 11.8 Å². The monoisotopic (exact) mass is 608 g/mol. The third-order valence-electron chi connectivity index (χ3n) is 7.00. The highest BCUT2D eigenvalue weighted by Crippen LogP contribution is 2.40. The Morgan fingerprint density at radius 1 is 1.09 bits per heavy atom. The van der Waals surface area contributed by atoms with Crippen molar-refractivity contribution in [3.05, 3.63) is 59.3 Å². The number of morpholine rings is 1. The first-order chi connectivity index (χ1) is 20.9. The normalized spacial score (nSPS) is 16.3. The molecule has 12 nitrogen and oxygen atoms in total. The smallest absolute Gasteiger partial charge is 0.260 e. The molecule has 0 saturated carbocycles. The van der Waals surface area contributed by atoms with Crippen molar-refractivity contribution < 1.29 is 28.5 Å². The number of amides is 2. The Morgan fingerprint density at radius 2 is 1.88 bits per heavy atom. The summed E-state index contributed by atoms with van der Waals surface area (Å²) in [5, 5.41) is 11.6. The lowest BCUT2D eigenvalue weighted by Crippen LogP contribution is -2.43. The van der Waals surface area contributed by atoms with Gasteiger partial charge in [-0.25, -0.2) is 4.68 Å². The molecular weight excluding hydrogens is 572 g/mol. The summed E-state index contributed by atoms with van der Waals surface area (Å²) >= 11 is 1.51. The van der Waals surface area contributed by atoms with Crippen molar-refractivity contribution in [3.8, 4) is 17.2 Å². The molecule has 0 aliphatic carbocycles. The zero-order chi connectivity index (χ0) is 30.3. The largest absolute Gasteiger partial charge is 0.493 e. The molecule has 2 N–H and O–H groups in total. The molecule has 0 spiro atoms. The second kappa shape index (κ2) is 13.8. The van der Waals surface area contributed by atoms with E-state index in [1.165, 1.54) is 18.9 Å². The fraction of sp³-hybridized carbons (Fsp3) is 0.400. The zero-order valence-electron chi connectivity index (χ0n) is 24.7. The third kappa shape index (κ3) is 6.73. The number of fused-ring (bicyclic) bond motifs is 1. The lowest BCUT2D eigenvalue weighted by molar-refractivity contribution is -0.137. The number of carbonyl (C=O) groups is 2. The van der Waals surface area contributed by atoms with Gasteiger partial charge < -0.3 is 34.5 Å². The van der Waals surface area contributed by atoms with E-state index in [9.17, 15) is 9.59 Å². The summed E-state index contributed by atoms with van der Waals surface area (Å²) < 4.78 is 24.3. The van der Waals surface area contributed by atoms with Crippen LogP contribution in [0.1, 0.15) is 32.4 Å². The van der Waals surface area contributed by atoms with Crippen molar-refractivity contribution in [2.24, 2.45) is 0 Å². The maximum absolute atomic E-state index is 14.0. The van der Waals surface area contributed by atoms with Gasteiger partial charge in [-0.15, -0.1) is 5.10 Å². The second-order valence-corrected chi connectivity index (χ2v) is 11.0. The number of benzene rings is 2. The minimum atomic E-state index is -0.632. The van der Waals surface area contributed by atoms with Crippen molar-refractivity contribution in [1.29, 1.82) is 0 Å². The first kappa shape index (κ1) is 30.2. The summed E-state index contributed by atoms with van der Waals surface area (Å²) in [4.78, 5) is 33.0. The molecule has 1 aromatic heterocycles. The summed E-state index contributed by atoms with van der Waals surface area (Å²) in [5.41, 5.74) is 2.38. The Hall–Kier alpha value is -4.23. The number of hydrogen-bond acceptors (Lipinski definition) is 10. The van der Waals surface area contributed by atoms with E-state index in [1.807, 2.05) is 45.0 Å². The molecule has 0 radical (unpaired) electrons. The first-order valence-electron chi connectivity index (χ1n) is 14.2. The molecule has 5 rings (SSSR count). The van der Waals surface area contributed by atoms with Crippen molar-refractivity contribution in [2.45, 2.75) is 32.0 Å². The minimum absolute atomic E-state index is 0.120. The van der Waals surface area contributed by atoms with Crippen LogP contribution in [0.25, 0.3) is 0 Å². The van der Waals surface area contributed by atoms with E-state index in [0.717, 1.165) is 11.3 Å². The number of rotatable bonds is 11. The lowest BCUT2D eigenvalue weighted by atomic mass is 9.94. The van der Waals surface area contributed by atoms with Crippen LogP contribution in [0.4, 0.5) is 11.6 Å². The number of methoxy groups -OCH3 is 1. The number of carbonyl (C=O) groups excluding carboxylic acids is 2. The SMILES string of the molecule is CCOc1ccccc1NC(=O)C1=C(C)Nc2nc(SCC)nn2C1c1ccc(OCC(=O)N2CCOCC2)c(OC)c1. The molecule has 2 aromatic carbocycles. The number of anilines is 2. The van der Waals surface area contributed by atoms with E-state index in [-0.39, 0.29) is 18.4 Å². The van der Waals surface area contributed by atoms with Gasteiger partial charge in [0.2, 0.25) is 11.1 Å². The van der Waals surface area contributed by atoms with Gasteiger partial charge in [0.05, 0.1) is 38.2 Å². The van der Waals surface area contributed by atoms with Gasteiger partial charge in [-0.3, -0.25) is 9.59 Å². The van der Waals surface area contributed by atoms with E-state index in [4.69, 9.17) is 24.0 Å². The van der Waals surface area contributed by atoms with Crippen LogP contribution in [0.5, 0.6) is 17.2 Å². The van der Waals surface area contributed by atoms with Crippen molar-refractivity contribution in [3.63, 3.8) is 0 Å². The highest BCUT2D eigenvalue weighted by Gasteiger charge is 2.35. The van der Waals surface area contributed by atoms with Crippen LogP contribution in [0.15, 0.2) is 58.9 Å². The number of hydrogen-bond donors (Lipinski definition) is 2. The van der Waals surface area contributed by atoms with E-state index < -0.39 is 6.04 Å². The molecular formula is C30H36N6O6S. The quantitative estimate of drug-likeness (QED) is 0.309. The number of thioether (sulfide) groups is 1. The molecule has 0 bridgehead atoms. The van der Waals surface area contributed by atoms with Crippen molar-refractivity contribution in [2.75, 3.05) is 63.0 Å². The highest BCUT2D eigenvalue weighted by molar-refractivity contribution is 7.99. The maximum Gasteiger partial charge on any atom is 0.260 e. The molecule has 2 aliphatic rings. The summed E-state index contributed by atoms with van der Waals surface area (Å²) in [6.07, 6.45) is 0. The Balaban J connectivity index is 1.47. The average Bonchev–Trinajstić information content (AvgIpc) is 3.42. The number of para-hydroxylation sites is 2. The minimum Gasteiger partial charge on any atom is -0.493 e. The Labute approximate surface area is 254 Å². The van der Waals surface area contributed by atoms with Crippen LogP contribution >= 0.6 is 11.8 Å². The molecule has 43 heavy (non-hydrogen) atoms. The highest BCUT2D eigenvalue weighted by atomic mass is 32.2. The molecule has 3 heterocycles. The van der Waals surface area contributed by atoms with E-state index in [2.05, 4.69) is 15.6 Å². The van der Waals surface area contributed by atoms with Crippen LogP contribution in [-0.4, -0.2) is 83.9 Å². The van der Waals surface area contributed by atoms with Gasteiger partial charge in [-0.05, 0) is 49.4 Å². The van der Waals surface area contributed by atoms with Crippen molar-refractivity contribution in [1.82, 2.24) is 19.7 Å². The van der Waals surface area contributed by atoms with Gasteiger partial charge in [0.1, 0.15) is 11.8 Å². The predicted molar refractivity (Wildman–Crippen MR) is 163 cm³/mol. The molecule has 3 aromatic rings. The standard InChI is InChI=1S/C30H36N6O6S/c1-5-41-22-10-8-7-9-21(22)32-28(38)26-19(3)31-29-33-30(43-6-2)34-36(29)27(26)20-11-12-23(24(17-20)39-4)42-18-25(37)35-13-15-40-16-14-35/h7-12,17,27H,5-6,13-16,18H2,1-4H3,(H,32,38)(H,31,33,34). The van der Waals surface area contributed by atoms with E-state index in [0.29, 0.717) is 78.2 Å². The Bertz CT molecular complexity index is 1500. The summed E-state index contributed by atoms with van der Waals surface area (Å²) in [7, 11) is 1.54. The molecule has 1 fully saturated rings. The Morgan fingerprint density at radius 3 is 2.63 bits per heavy atom. The van der Waals surface area contributed by atoms with E-state index >= 15 is 0 Å². The van der Waals surface area contributed by atoms with Crippen LogP contribution in [-0.2, 0) is 14.3 Å². The van der Waals surface area contributed by atoms with Crippen LogP contribution in [0, 0.1) is 0 Å². The van der Waals surface area contributed by atoms with Crippen LogP contribution in [0.3, 0.4) is 0 Å². The van der Waals surface area contributed by atoms with Gasteiger partial charge in [-0.2, -0.15) is 4.98 Å². The molecule has 13 heteroatoms. The Kier molecular flexibility index (Phi) is 9.72. The lowest BCUT2D eigenvalue weighted by Gasteiger charge is -2.29. The molecule has 1 unspecified atom stereocenters. The second-order valence-electron chi connectivity index (χ2n) is 9.74. The summed E-state index contributed by atoms with van der Waals surface area (Å²) in [6.45, 7) is 8.21. The molecule has 1 atom stereocenters. The summed E-state index contributed by atoms with van der Waals surface area (Å²) in [6, 6.07) is 12.1. The van der Waals surface area contributed by atoms with Gasteiger partial charge >= 0.3 is 0 Å². The first-order valence-corrected chi connectivity index (χ1v) is 15.2. The number of nitrogens with zero attached hydrogens (tertiary/aromatic N) is 4. The molecule has 2 aliphatic heterocycles. The maximum atomic E-state index is 14.0. The average molecular weight is 609 g/mol. The number of allylic oxidation sites excluding steroid dienone is 1. The number of ether oxygens (including phenoxy) is 4. The topological polar surface area (TPSA) is 129 Å². The number of nitrogens with one attached hydrogen (secondary N) is 2. The molecule has 1 saturated heterocycles. The van der Waals surface area contributed by atoms with E-state index in [1.54, 1.807) is 27.8 Å². The summed E-state index contributed by atoms with van der Waals surface area (Å²) in [5.74, 6) is 2.31. The number of aromatic nitrogens is 3. The van der Waals surface area contributed by atoms with Crippen LogP contribution in [0.2, 0.25) is 0 Å². The zero-order valence-corrected chi connectivity index (χ0v) is 25.5. The van der Waals surface area contributed by atoms with Gasteiger partial charge in [-0.1, -0.05) is 36.9 Å². The fourth-order valence-electron chi connectivity index (χ4n) is 4.98.